The van der Waals surface area contributed by atoms with Crippen LogP contribution in [-0.4, -0.2) is 35.4 Å². The predicted molar refractivity (Wildman–Crippen MR) is 126 cm³/mol. The maximum absolute atomic E-state index is 12.8. The lowest BCUT2D eigenvalue weighted by Gasteiger charge is -2.07. The fourth-order valence-corrected chi connectivity index (χ4v) is 4.20. The zero-order valence-corrected chi connectivity index (χ0v) is 19.1. The molecule has 2 aromatic heterocycles. The molecule has 0 unspecified atom stereocenters. The van der Waals surface area contributed by atoms with Gasteiger partial charge in [0.15, 0.2) is 17.3 Å². The van der Waals surface area contributed by atoms with E-state index < -0.39 is 0 Å². The molecule has 32 heavy (non-hydrogen) atoms. The highest BCUT2D eigenvalue weighted by Gasteiger charge is 2.12. The fourth-order valence-electron chi connectivity index (χ4n) is 3.29. The van der Waals surface area contributed by atoms with Crippen molar-refractivity contribution in [3.05, 3.63) is 62.9 Å². The number of rotatable bonds is 9. The highest BCUT2D eigenvalue weighted by molar-refractivity contribution is 7.15. The second-order valence-corrected chi connectivity index (χ2v) is 8.25. The van der Waals surface area contributed by atoms with Gasteiger partial charge >= 0.3 is 0 Å². The summed E-state index contributed by atoms with van der Waals surface area (Å²) in [6.07, 6.45) is 5.18. The van der Waals surface area contributed by atoms with Gasteiger partial charge in [-0.1, -0.05) is 37.2 Å². The van der Waals surface area contributed by atoms with Gasteiger partial charge in [0.2, 0.25) is 4.96 Å². The number of methoxy groups -OCH3 is 2. The van der Waals surface area contributed by atoms with Gasteiger partial charge in [-0.25, -0.2) is 0 Å². The van der Waals surface area contributed by atoms with E-state index in [-0.39, 0.29) is 5.56 Å². The third kappa shape index (κ3) is 4.60. The molecule has 0 spiro atoms. The lowest BCUT2D eigenvalue weighted by Crippen LogP contribution is -2.23. The minimum Gasteiger partial charge on any atom is -0.494 e. The molecule has 7 nitrogen and oxygen atoms in total. The van der Waals surface area contributed by atoms with Gasteiger partial charge in [0.05, 0.1) is 25.4 Å². The summed E-state index contributed by atoms with van der Waals surface area (Å²) in [5.74, 6) is 2.58. The lowest BCUT2D eigenvalue weighted by atomic mass is 10.2. The minimum absolute atomic E-state index is 0.200. The first-order valence-corrected chi connectivity index (χ1v) is 11.3. The van der Waals surface area contributed by atoms with Crippen molar-refractivity contribution in [2.24, 2.45) is 0 Å². The van der Waals surface area contributed by atoms with Crippen molar-refractivity contribution in [1.29, 1.82) is 0 Å². The number of ether oxygens (including phenoxy) is 3. The Balaban J connectivity index is 1.57. The second-order valence-electron chi connectivity index (χ2n) is 7.24. The molecular formula is C24H25N3O4S. The normalized spacial score (nSPS) is 11.8. The minimum atomic E-state index is -0.200. The lowest BCUT2D eigenvalue weighted by molar-refractivity contribution is 0.306. The molecule has 0 fully saturated rings. The molecule has 4 rings (SSSR count). The van der Waals surface area contributed by atoms with Crippen LogP contribution in [0.25, 0.3) is 22.4 Å². The number of aromatic nitrogens is 3. The molecule has 166 valence electrons. The van der Waals surface area contributed by atoms with Crippen molar-refractivity contribution >= 4 is 22.4 Å². The van der Waals surface area contributed by atoms with Crippen molar-refractivity contribution in [3.63, 3.8) is 0 Å². The Morgan fingerprint density at radius 2 is 1.81 bits per heavy atom. The van der Waals surface area contributed by atoms with Gasteiger partial charge in [0, 0.05) is 5.56 Å². The summed E-state index contributed by atoms with van der Waals surface area (Å²) in [5, 5.41) is 4.42. The Morgan fingerprint density at radius 1 is 1.03 bits per heavy atom. The molecule has 0 atom stereocenters. The van der Waals surface area contributed by atoms with Crippen LogP contribution in [0.3, 0.4) is 0 Å². The van der Waals surface area contributed by atoms with Crippen molar-refractivity contribution in [2.75, 3.05) is 20.8 Å². The smallest absolute Gasteiger partial charge is 0.291 e. The average Bonchev–Trinajstić information content (AvgIpc) is 3.36. The second kappa shape index (κ2) is 9.82. The van der Waals surface area contributed by atoms with Crippen LogP contribution in [0, 0.1) is 0 Å². The zero-order valence-electron chi connectivity index (χ0n) is 18.3. The van der Waals surface area contributed by atoms with E-state index in [1.165, 1.54) is 22.3 Å². The first kappa shape index (κ1) is 21.8. The summed E-state index contributed by atoms with van der Waals surface area (Å²) in [4.78, 5) is 17.9. The van der Waals surface area contributed by atoms with Crippen molar-refractivity contribution in [2.45, 2.75) is 26.2 Å². The molecular weight excluding hydrogens is 426 g/mol. The molecule has 0 saturated carbocycles. The molecule has 0 aliphatic carbocycles. The van der Waals surface area contributed by atoms with Crippen LogP contribution in [0.4, 0.5) is 0 Å². The van der Waals surface area contributed by atoms with Crippen LogP contribution in [0.2, 0.25) is 0 Å². The molecule has 8 heteroatoms. The molecule has 0 saturated heterocycles. The molecule has 0 bridgehead atoms. The maximum Gasteiger partial charge on any atom is 0.291 e. The molecule has 0 aliphatic rings. The highest BCUT2D eigenvalue weighted by atomic mass is 32.1. The van der Waals surface area contributed by atoms with E-state index in [9.17, 15) is 4.79 Å². The Kier molecular flexibility index (Phi) is 6.70. The molecule has 0 radical (unpaired) electrons. The molecule has 2 aromatic carbocycles. The SMILES string of the molecule is CCCCCOc1ccc(-c2nc3s/c(=C\c4ccc(OC)c(OC)c4)c(=O)n3n2)cc1. The van der Waals surface area contributed by atoms with Crippen LogP contribution >= 0.6 is 11.3 Å². The van der Waals surface area contributed by atoms with E-state index in [2.05, 4.69) is 17.0 Å². The van der Waals surface area contributed by atoms with Gasteiger partial charge in [-0.05, 0) is 54.5 Å². The van der Waals surface area contributed by atoms with Crippen LogP contribution in [-0.2, 0) is 0 Å². The predicted octanol–water partition coefficient (Wildman–Crippen LogP) is 3.95. The van der Waals surface area contributed by atoms with Gasteiger partial charge in [0.1, 0.15) is 5.75 Å². The zero-order chi connectivity index (χ0) is 22.5. The van der Waals surface area contributed by atoms with Gasteiger partial charge in [-0.15, -0.1) is 5.10 Å². The molecule has 0 aliphatic heterocycles. The molecule has 0 amide bonds. The number of unbranched alkanes of at least 4 members (excludes halogenated alkanes) is 2. The van der Waals surface area contributed by atoms with Crippen LogP contribution in [0.1, 0.15) is 31.7 Å². The first-order valence-electron chi connectivity index (χ1n) is 10.5. The van der Waals surface area contributed by atoms with E-state index in [1.807, 2.05) is 36.4 Å². The number of benzene rings is 2. The number of hydrogen-bond acceptors (Lipinski definition) is 7. The average molecular weight is 452 g/mol. The van der Waals surface area contributed by atoms with Crippen molar-refractivity contribution in [1.82, 2.24) is 14.6 Å². The summed E-state index contributed by atoms with van der Waals surface area (Å²) in [5.41, 5.74) is 1.47. The maximum atomic E-state index is 12.8. The summed E-state index contributed by atoms with van der Waals surface area (Å²) < 4.78 is 18.2. The Labute approximate surface area is 189 Å². The van der Waals surface area contributed by atoms with Crippen LogP contribution < -0.4 is 24.3 Å². The van der Waals surface area contributed by atoms with Gasteiger partial charge in [-0.2, -0.15) is 9.50 Å². The van der Waals surface area contributed by atoms with Crippen molar-refractivity contribution in [3.8, 4) is 28.6 Å². The number of nitrogens with zero attached hydrogens (tertiary/aromatic N) is 3. The number of hydrogen-bond donors (Lipinski definition) is 0. The summed E-state index contributed by atoms with van der Waals surface area (Å²) in [7, 11) is 3.17. The monoisotopic (exact) mass is 451 g/mol. The third-order valence-electron chi connectivity index (χ3n) is 5.02. The molecule has 4 aromatic rings. The Bertz CT molecular complexity index is 1310. The van der Waals surface area contributed by atoms with Crippen LogP contribution in [0.15, 0.2) is 47.3 Å². The third-order valence-corrected chi connectivity index (χ3v) is 5.98. The van der Waals surface area contributed by atoms with Gasteiger partial charge < -0.3 is 14.2 Å². The van der Waals surface area contributed by atoms with Crippen molar-refractivity contribution < 1.29 is 14.2 Å². The number of thiazole rings is 1. The quantitative estimate of drug-likeness (QED) is 0.359. The Hall–Kier alpha value is -3.39. The standard InChI is InChI=1S/C24H25N3O4S/c1-4-5-6-13-31-18-10-8-17(9-11-18)22-25-24-27(26-22)23(28)21(32-24)15-16-7-12-19(29-2)20(14-16)30-3/h7-12,14-15H,4-6,13H2,1-3H3/b21-15-. The summed E-state index contributed by atoms with van der Waals surface area (Å²) >= 11 is 1.30. The summed E-state index contributed by atoms with van der Waals surface area (Å²) in [6, 6.07) is 13.1. The van der Waals surface area contributed by atoms with Gasteiger partial charge in [0.25, 0.3) is 5.56 Å². The number of fused-ring (bicyclic) bond motifs is 1. The first-order chi connectivity index (χ1) is 15.6. The highest BCUT2D eigenvalue weighted by Crippen LogP contribution is 2.27. The van der Waals surface area contributed by atoms with E-state index >= 15 is 0 Å². The summed E-state index contributed by atoms with van der Waals surface area (Å²) in [6.45, 7) is 2.88. The molecule has 0 N–H and O–H groups in total. The largest absolute Gasteiger partial charge is 0.494 e. The van der Waals surface area contributed by atoms with Gasteiger partial charge in [-0.3, -0.25) is 4.79 Å². The van der Waals surface area contributed by atoms with E-state index in [4.69, 9.17) is 14.2 Å². The Morgan fingerprint density at radius 3 is 2.50 bits per heavy atom. The fraction of sp³-hybridized carbons (Fsp3) is 0.292. The van der Waals surface area contributed by atoms with E-state index in [0.717, 1.165) is 29.7 Å². The molecule has 2 heterocycles. The van der Waals surface area contributed by atoms with E-state index in [1.54, 1.807) is 26.4 Å². The van der Waals surface area contributed by atoms with E-state index in [0.29, 0.717) is 33.4 Å². The topological polar surface area (TPSA) is 75.0 Å². The van der Waals surface area contributed by atoms with Crippen LogP contribution in [0.5, 0.6) is 17.2 Å².